The van der Waals surface area contributed by atoms with Gasteiger partial charge in [0.15, 0.2) is 0 Å². The lowest BCUT2D eigenvalue weighted by Gasteiger charge is -2.37. The normalized spacial score (nSPS) is 24.8. The number of nitrogens with zero attached hydrogens (tertiary/aromatic N) is 1. The fourth-order valence-corrected chi connectivity index (χ4v) is 3.15. The van der Waals surface area contributed by atoms with Gasteiger partial charge in [-0.2, -0.15) is 0 Å². The zero-order valence-electron chi connectivity index (χ0n) is 13.9. The van der Waals surface area contributed by atoms with Gasteiger partial charge in [0.2, 0.25) is 5.88 Å². The molecule has 1 aliphatic carbocycles. The number of aryl methyl sites for hydroxylation is 1. The van der Waals surface area contributed by atoms with Gasteiger partial charge < -0.3 is 14.8 Å². The Bertz CT molecular complexity index is 533. The van der Waals surface area contributed by atoms with Crippen molar-refractivity contribution in [3.8, 4) is 5.88 Å². The molecule has 122 valence electrons. The molecule has 5 heteroatoms. The molecule has 1 heterocycles. The van der Waals surface area contributed by atoms with Crippen LogP contribution in [0.25, 0.3) is 0 Å². The molecule has 0 aromatic carbocycles. The molecule has 1 aromatic heterocycles. The summed E-state index contributed by atoms with van der Waals surface area (Å²) in [6.07, 6.45) is 5.33. The minimum atomic E-state index is -0.718. The number of amides is 1. The Morgan fingerprint density at radius 3 is 2.91 bits per heavy atom. The zero-order valence-corrected chi connectivity index (χ0v) is 13.9. The highest BCUT2D eigenvalue weighted by molar-refractivity contribution is 5.97. The minimum Gasteiger partial charge on any atom is -0.478 e. The Hall–Kier alpha value is -1.62. The molecule has 2 atom stereocenters. The van der Waals surface area contributed by atoms with Gasteiger partial charge in [-0.3, -0.25) is 4.79 Å². The van der Waals surface area contributed by atoms with Gasteiger partial charge in [-0.05, 0) is 45.1 Å². The average Bonchev–Trinajstić information content (AvgIpc) is 2.50. The molecule has 1 saturated carbocycles. The Morgan fingerprint density at radius 2 is 2.32 bits per heavy atom. The quantitative estimate of drug-likeness (QED) is 0.906. The van der Waals surface area contributed by atoms with Crippen LogP contribution in [0.5, 0.6) is 5.88 Å². The number of hydrogen-bond acceptors (Lipinski definition) is 4. The largest absolute Gasteiger partial charge is 0.478 e. The van der Waals surface area contributed by atoms with E-state index in [9.17, 15) is 4.79 Å². The molecule has 1 aliphatic rings. The smallest absolute Gasteiger partial charge is 0.256 e. The summed E-state index contributed by atoms with van der Waals surface area (Å²) in [4.78, 5) is 16.9. The maximum Gasteiger partial charge on any atom is 0.256 e. The third-order valence-corrected chi connectivity index (χ3v) is 4.33. The lowest BCUT2D eigenvalue weighted by atomic mass is 9.78. The second kappa shape index (κ2) is 7.09. The predicted molar refractivity (Wildman–Crippen MR) is 86.1 cm³/mol. The van der Waals surface area contributed by atoms with Crippen LogP contribution in [0, 0.1) is 12.8 Å². The lowest BCUT2D eigenvalue weighted by Crippen LogP contribution is -2.47. The molecule has 1 aromatic rings. The van der Waals surface area contributed by atoms with E-state index in [0.29, 0.717) is 24.1 Å². The van der Waals surface area contributed by atoms with Crippen LogP contribution in [-0.2, 0) is 9.53 Å². The van der Waals surface area contributed by atoms with E-state index < -0.39 is 5.60 Å². The monoisotopic (exact) mass is 306 g/mol. The first kappa shape index (κ1) is 16.7. The molecule has 1 fully saturated rings. The molecule has 0 bridgehead atoms. The minimum absolute atomic E-state index is 0.0769. The number of methoxy groups -OCH3 is 1. The van der Waals surface area contributed by atoms with E-state index in [4.69, 9.17) is 9.47 Å². The van der Waals surface area contributed by atoms with Crippen LogP contribution >= 0.6 is 0 Å². The fourth-order valence-electron chi connectivity index (χ4n) is 3.15. The fraction of sp³-hybridized carbons (Fsp3) is 0.647. The summed E-state index contributed by atoms with van der Waals surface area (Å²) in [5.74, 6) is 1.03. The number of aromatic nitrogens is 1. The number of ether oxygens (including phenoxy) is 2. The summed E-state index contributed by atoms with van der Waals surface area (Å²) in [5, 5.41) is 2.95. The first-order valence-corrected chi connectivity index (χ1v) is 7.97. The van der Waals surface area contributed by atoms with Crippen molar-refractivity contribution in [2.45, 2.75) is 52.1 Å². The van der Waals surface area contributed by atoms with Crippen molar-refractivity contribution in [2.75, 3.05) is 19.0 Å². The van der Waals surface area contributed by atoms with Crippen molar-refractivity contribution < 1.29 is 14.3 Å². The average molecular weight is 306 g/mol. The second-order valence-corrected chi connectivity index (χ2v) is 6.13. The number of rotatable bonds is 5. The number of hydrogen-bond donors (Lipinski definition) is 1. The summed E-state index contributed by atoms with van der Waals surface area (Å²) in [6.45, 7) is 6.58. The van der Waals surface area contributed by atoms with Crippen molar-refractivity contribution in [3.63, 3.8) is 0 Å². The van der Waals surface area contributed by atoms with Crippen molar-refractivity contribution >= 4 is 11.6 Å². The number of anilines is 1. The van der Waals surface area contributed by atoms with E-state index >= 15 is 0 Å². The summed E-state index contributed by atoms with van der Waals surface area (Å²) < 4.78 is 11.0. The predicted octanol–water partition coefficient (Wildman–Crippen LogP) is 3.32. The highest BCUT2D eigenvalue weighted by Crippen LogP contribution is 2.35. The Kier molecular flexibility index (Phi) is 5.40. The van der Waals surface area contributed by atoms with Crippen LogP contribution in [0.2, 0.25) is 0 Å². The van der Waals surface area contributed by atoms with Crippen LogP contribution in [0.15, 0.2) is 12.3 Å². The van der Waals surface area contributed by atoms with Gasteiger partial charge in [0.05, 0.1) is 18.5 Å². The van der Waals surface area contributed by atoms with Crippen molar-refractivity contribution in [2.24, 2.45) is 5.92 Å². The highest BCUT2D eigenvalue weighted by atomic mass is 16.5. The van der Waals surface area contributed by atoms with E-state index in [1.807, 2.05) is 19.9 Å². The van der Waals surface area contributed by atoms with Gasteiger partial charge in [-0.25, -0.2) is 4.98 Å². The summed E-state index contributed by atoms with van der Waals surface area (Å²) in [7, 11) is 1.62. The van der Waals surface area contributed by atoms with Crippen LogP contribution in [0.1, 0.15) is 45.1 Å². The summed E-state index contributed by atoms with van der Waals surface area (Å²) >= 11 is 0. The topological polar surface area (TPSA) is 60.5 Å². The summed E-state index contributed by atoms with van der Waals surface area (Å²) in [6, 6.07) is 1.88. The highest BCUT2D eigenvalue weighted by Gasteiger charge is 2.42. The molecule has 1 amide bonds. The molecule has 0 radical (unpaired) electrons. The molecule has 1 N–H and O–H groups in total. The van der Waals surface area contributed by atoms with Gasteiger partial charge in [-0.15, -0.1) is 0 Å². The van der Waals surface area contributed by atoms with Crippen molar-refractivity contribution in [1.29, 1.82) is 0 Å². The molecule has 2 unspecified atom stereocenters. The van der Waals surface area contributed by atoms with Gasteiger partial charge in [0, 0.05) is 12.7 Å². The number of pyridine rings is 1. The van der Waals surface area contributed by atoms with Crippen LogP contribution in [-0.4, -0.2) is 30.2 Å². The van der Waals surface area contributed by atoms with Crippen molar-refractivity contribution in [1.82, 2.24) is 4.98 Å². The molecular weight excluding hydrogens is 280 g/mol. The van der Waals surface area contributed by atoms with Crippen LogP contribution in [0.4, 0.5) is 5.69 Å². The molecule has 22 heavy (non-hydrogen) atoms. The first-order chi connectivity index (χ1) is 10.5. The first-order valence-electron chi connectivity index (χ1n) is 7.97. The SMILES string of the molecule is CCOc1ncc(NC(=O)C2(OC)CCCC(C)C2)cc1C. The van der Waals surface area contributed by atoms with Gasteiger partial charge in [0.25, 0.3) is 5.91 Å². The maximum atomic E-state index is 12.7. The van der Waals surface area contributed by atoms with E-state index in [0.717, 1.165) is 31.2 Å². The van der Waals surface area contributed by atoms with Crippen LogP contribution in [0.3, 0.4) is 0 Å². The number of nitrogens with one attached hydrogen (secondary N) is 1. The molecular formula is C17H26N2O3. The Labute approximate surface area is 132 Å². The molecule has 0 spiro atoms. The lowest BCUT2D eigenvalue weighted by molar-refractivity contribution is -0.143. The third kappa shape index (κ3) is 3.58. The zero-order chi connectivity index (χ0) is 16.2. The van der Waals surface area contributed by atoms with Gasteiger partial charge in [0.1, 0.15) is 5.60 Å². The van der Waals surface area contributed by atoms with Crippen LogP contribution < -0.4 is 10.1 Å². The Morgan fingerprint density at radius 1 is 1.55 bits per heavy atom. The van der Waals surface area contributed by atoms with E-state index in [-0.39, 0.29) is 5.91 Å². The number of carbonyl (C=O) groups excluding carboxylic acids is 1. The standard InChI is InChI=1S/C17H26N2O3/c1-5-22-15-13(3)9-14(11-18-15)19-16(20)17(21-4)8-6-7-12(2)10-17/h9,11-12H,5-8,10H2,1-4H3,(H,19,20). The van der Waals surface area contributed by atoms with E-state index in [1.165, 1.54) is 0 Å². The molecule has 5 nitrogen and oxygen atoms in total. The van der Waals surface area contributed by atoms with Crippen molar-refractivity contribution in [3.05, 3.63) is 17.8 Å². The molecule has 2 rings (SSSR count). The second-order valence-electron chi connectivity index (χ2n) is 6.13. The van der Waals surface area contributed by atoms with E-state index in [2.05, 4.69) is 17.2 Å². The van der Waals surface area contributed by atoms with Gasteiger partial charge >= 0.3 is 0 Å². The maximum absolute atomic E-state index is 12.7. The summed E-state index contributed by atoms with van der Waals surface area (Å²) in [5.41, 5.74) is 0.869. The number of carbonyl (C=O) groups is 1. The molecule has 0 aliphatic heterocycles. The van der Waals surface area contributed by atoms with E-state index in [1.54, 1.807) is 13.3 Å². The van der Waals surface area contributed by atoms with Gasteiger partial charge in [-0.1, -0.05) is 13.3 Å². The third-order valence-electron chi connectivity index (χ3n) is 4.33. The Balaban J connectivity index is 2.12. The molecule has 0 saturated heterocycles.